The van der Waals surface area contributed by atoms with Gasteiger partial charge in [-0.15, -0.1) is 21.5 Å². The molecular weight excluding hydrogens is 568 g/mol. The van der Waals surface area contributed by atoms with Gasteiger partial charge in [-0.1, -0.05) is 35.5 Å². The molecule has 6 rings (SSSR count). The van der Waals surface area contributed by atoms with Crippen molar-refractivity contribution in [2.45, 2.75) is 10.9 Å². The van der Waals surface area contributed by atoms with Crippen LogP contribution < -0.4 is 9.64 Å². The first-order chi connectivity index (χ1) is 19.6. The maximum Gasteiger partial charge on any atom is 0.273 e. The largest absolute Gasteiger partial charge is 0.495 e. The van der Waals surface area contributed by atoms with Crippen LogP contribution in [0.5, 0.6) is 5.75 Å². The minimum absolute atomic E-state index is 0.0448. The molecule has 0 N–H and O–H groups in total. The minimum atomic E-state index is -0.0448. The number of thiazole rings is 1. The summed E-state index contributed by atoms with van der Waals surface area (Å²) in [6, 6.07) is 19.1. The van der Waals surface area contributed by atoms with Crippen LogP contribution in [0.4, 0.5) is 5.69 Å². The number of para-hydroxylation sites is 2. The molecule has 12 heteroatoms. The van der Waals surface area contributed by atoms with Crippen LogP contribution in [0.15, 0.2) is 81.9 Å². The predicted octanol–water partition coefficient (Wildman–Crippen LogP) is 5.90. The van der Waals surface area contributed by atoms with Crippen molar-refractivity contribution in [3.63, 3.8) is 0 Å². The number of piperazine rings is 1. The third-order valence-corrected chi connectivity index (χ3v) is 8.77. The number of methoxy groups -OCH3 is 1. The van der Waals surface area contributed by atoms with E-state index in [1.54, 1.807) is 13.4 Å². The van der Waals surface area contributed by atoms with E-state index in [1.165, 1.54) is 23.1 Å². The summed E-state index contributed by atoms with van der Waals surface area (Å²) in [4.78, 5) is 22.0. The summed E-state index contributed by atoms with van der Waals surface area (Å²) in [5.74, 6) is 2.55. The van der Waals surface area contributed by atoms with E-state index in [9.17, 15) is 4.79 Å². The van der Waals surface area contributed by atoms with Crippen molar-refractivity contribution in [3.05, 3.63) is 88.0 Å². The van der Waals surface area contributed by atoms with Crippen molar-refractivity contribution in [2.75, 3.05) is 38.2 Å². The Bertz CT molecular complexity index is 1590. The summed E-state index contributed by atoms with van der Waals surface area (Å²) in [6.45, 7) is 2.71. The fourth-order valence-electron chi connectivity index (χ4n) is 4.56. The lowest BCUT2D eigenvalue weighted by Gasteiger charge is -2.36. The monoisotopic (exact) mass is 592 g/mol. The van der Waals surface area contributed by atoms with Gasteiger partial charge < -0.3 is 19.0 Å². The molecule has 5 aromatic rings. The van der Waals surface area contributed by atoms with Gasteiger partial charge in [-0.25, -0.2) is 4.98 Å². The van der Waals surface area contributed by atoms with E-state index in [-0.39, 0.29) is 5.91 Å². The molecule has 0 atom stereocenters. The highest BCUT2D eigenvalue weighted by Crippen LogP contribution is 2.32. The number of anilines is 1. The second kappa shape index (κ2) is 11.7. The maximum absolute atomic E-state index is 13.2. The van der Waals surface area contributed by atoms with Crippen LogP contribution in [0.1, 0.15) is 15.5 Å². The van der Waals surface area contributed by atoms with Gasteiger partial charge in [-0.05, 0) is 48.5 Å². The Labute approximate surface area is 244 Å². The lowest BCUT2D eigenvalue weighted by molar-refractivity contribution is 0.0741. The van der Waals surface area contributed by atoms with Gasteiger partial charge in [0, 0.05) is 42.3 Å². The van der Waals surface area contributed by atoms with E-state index < -0.39 is 0 Å². The van der Waals surface area contributed by atoms with E-state index >= 15 is 0 Å². The summed E-state index contributed by atoms with van der Waals surface area (Å²) in [5, 5.41) is 12.8. The van der Waals surface area contributed by atoms with E-state index in [2.05, 4.69) is 20.1 Å². The van der Waals surface area contributed by atoms with Crippen LogP contribution in [0.2, 0.25) is 5.02 Å². The molecule has 9 nitrogen and oxygen atoms in total. The number of hydrogen-bond donors (Lipinski definition) is 0. The molecule has 40 heavy (non-hydrogen) atoms. The smallest absolute Gasteiger partial charge is 0.273 e. The number of carbonyl (C=O) groups is 1. The molecule has 1 fully saturated rings. The molecule has 1 aliphatic heterocycles. The van der Waals surface area contributed by atoms with Crippen LogP contribution in [0.25, 0.3) is 17.3 Å². The third kappa shape index (κ3) is 5.45. The molecule has 0 bridgehead atoms. The van der Waals surface area contributed by atoms with Crippen molar-refractivity contribution in [3.8, 4) is 23.0 Å². The molecule has 0 aliphatic carbocycles. The van der Waals surface area contributed by atoms with E-state index in [4.69, 9.17) is 20.8 Å². The number of rotatable bonds is 8. The van der Waals surface area contributed by atoms with E-state index in [0.29, 0.717) is 46.3 Å². The lowest BCUT2D eigenvalue weighted by atomic mass is 10.2. The first-order valence-electron chi connectivity index (χ1n) is 12.6. The van der Waals surface area contributed by atoms with Crippen LogP contribution in [0.3, 0.4) is 0 Å². The Morgan fingerprint density at radius 2 is 1.85 bits per heavy atom. The van der Waals surface area contributed by atoms with Gasteiger partial charge in [0.25, 0.3) is 5.91 Å². The van der Waals surface area contributed by atoms with Crippen LogP contribution in [-0.2, 0) is 5.75 Å². The van der Waals surface area contributed by atoms with E-state index in [0.717, 1.165) is 35.2 Å². The lowest BCUT2D eigenvalue weighted by Crippen LogP contribution is -2.49. The average Bonchev–Trinajstić information content (AvgIpc) is 3.77. The molecule has 0 unspecified atom stereocenters. The zero-order chi connectivity index (χ0) is 27.5. The first kappa shape index (κ1) is 26.4. The van der Waals surface area contributed by atoms with Crippen molar-refractivity contribution < 1.29 is 13.9 Å². The predicted molar refractivity (Wildman–Crippen MR) is 157 cm³/mol. The van der Waals surface area contributed by atoms with E-state index in [1.807, 2.05) is 75.5 Å². The van der Waals surface area contributed by atoms with Crippen molar-refractivity contribution in [1.29, 1.82) is 0 Å². The Hall–Kier alpha value is -3.80. The Morgan fingerprint density at radius 1 is 1.05 bits per heavy atom. The second-order valence-electron chi connectivity index (χ2n) is 8.96. The summed E-state index contributed by atoms with van der Waals surface area (Å²) >= 11 is 9.09. The molecule has 1 aliphatic rings. The van der Waals surface area contributed by atoms with Crippen molar-refractivity contribution in [2.24, 2.45) is 0 Å². The highest BCUT2D eigenvalue weighted by molar-refractivity contribution is 7.98. The number of thioether (sulfide) groups is 1. The molecular formula is C28H25ClN6O3S2. The molecule has 2 aromatic carbocycles. The number of benzene rings is 2. The molecule has 1 amide bonds. The van der Waals surface area contributed by atoms with Gasteiger partial charge in [0.05, 0.1) is 24.8 Å². The topological polar surface area (TPSA) is 89.5 Å². The van der Waals surface area contributed by atoms with Gasteiger partial charge >= 0.3 is 0 Å². The summed E-state index contributed by atoms with van der Waals surface area (Å²) < 4.78 is 13.0. The number of hydrogen-bond acceptors (Lipinski definition) is 9. The van der Waals surface area contributed by atoms with Gasteiger partial charge in [0.15, 0.2) is 10.9 Å². The van der Waals surface area contributed by atoms with Crippen molar-refractivity contribution in [1.82, 2.24) is 24.6 Å². The second-order valence-corrected chi connectivity index (χ2v) is 11.3. The molecule has 1 saturated heterocycles. The zero-order valence-corrected chi connectivity index (χ0v) is 24.0. The summed E-state index contributed by atoms with van der Waals surface area (Å²) in [7, 11) is 1.68. The zero-order valence-electron chi connectivity index (χ0n) is 21.6. The number of nitrogens with zero attached hydrogens (tertiary/aromatic N) is 6. The first-order valence-corrected chi connectivity index (χ1v) is 14.8. The highest BCUT2D eigenvalue weighted by atomic mass is 35.5. The number of amides is 1. The normalized spacial score (nSPS) is 13.6. The average molecular weight is 593 g/mol. The molecule has 3 aromatic heterocycles. The van der Waals surface area contributed by atoms with Gasteiger partial charge in [-0.3, -0.25) is 9.36 Å². The highest BCUT2D eigenvalue weighted by Gasteiger charge is 2.25. The Kier molecular flexibility index (Phi) is 7.76. The number of furan rings is 1. The molecule has 0 saturated carbocycles. The standard InChI is InChI=1S/C28H25ClN6O3S2/c1-37-23-6-3-2-5-22(23)33-12-14-34(15-13-33)27(36)21-17-39-25(30-21)18-40-28-32-31-26(24-7-4-16-38-24)35(28)20-10-8-19(29)9-11-20/h2-11,16-17H,12-15,18H2,1H3. The quantitative estimate of drug-likeness (QED) is 0.206. The number of aromatic nitrogens is 4. The molecule has 4 heterocycles. The van der Waals surface area contributed by atoms with Gasteiger partial charge in [0.2, 0.25) is 5.82 Å². The molecule has 0 spiro atoms. The maximum atomic E-state index is 13.2. The van der Waals surface area contributed by atoms with Gasteiger partial charge in [-0.2, -0.15) is 0 Å². The summed E-state index contributed by atoms with van der Waals surface area (Å²) in [6.07, 6.45) is 1.61. The number of ether oxygens (including phenoxy) is 1. The van der Waals surface area contributed by atoms with Crippen LogP contribution in [-0.4, -0.2) is 63.8 Å². The Balaban J connectivity index is 1.12. The Morgan fingerprint density at radius 3 is 2.60 bits per heavy atom. The van der Waals surface area contributed by atoms with Crippen LogP contribution >= 0.6 is 34.7 Å². The van der Waals surface area contributed by atoms with Crippen molar-refractivity contribution >= 4 is 46.3 Å². The minimum Gasteiger partial charge on any atom is -0.495 e. The summed E-state index contributed by atoms with van der Waals surface area (Å²) in [5.41, 5.74) is 2.39. The fourth-order valence-corrected chi connectivity index (χ4v) is 6.42. The van der Waals surface area contributed by atoms with Gasteiger partial charge in [0.1, 0.15) is 16.5 Å². The molecule has 204 valence electrons. The third-order valence-electron chi connectivity index (χ3n) is 6.55. The number of carbonyl (C=O) groups excluding carboxylic acids is 1. The van der Waals surface area contributed by atoms with Crippen LogP contribution in [0, 0.1) is 0 Å². The number of halogens is 1. The SMILES string of the molecule is COc1ccccc1N1CCN(C(=O)c2csc(CSc3nnc(-c4ccco4)n3-c3ccc(Cl)cc3)n2)CC1. The fraction of sp³-hybridized carbons (Fsp3) is 0.214. The molecule has 0 radical (unpaired) electrons.